The Morgan fingerprint density at radius 1 is 1.04 bits per heavy atom. The first-order chi connectivity index (χ1) is 9.88. The van der Waals surface area contributed by atoms with Crippen LogP contribution >= 0.6 is 0 Å². The van der Waals surface area contributed by atoms with Crippen molar-refractivity contribution in [2.24, 2.45) is 11.8 Å². The smallest absolute Gasteiger partial charge is 0.324 e. The maximum Gasteiger partial charge on any atom is 0.324 e. The van der Waals surface area contributed by atoms with E-state index in [1.54, 1.807) is 0 Å². The number of aliphatic hydroxyl groups is 1. The number of nitrogens with zero attached hydrogens (tertiary/aromatic N) is 1. The third-order valence-electron chi connectivity index (χ3n) is 5.33. The molecule has 2 aliphatic carbocycles. The van der Waals surface area contributed by atoms with Crippen molar-refractivity contribution < 1.29 is 45.3 Å². The van der Waals surface area contributed by atoms with Crippen molar-refractivity contribution in [3.63, 3.8) is 0 Å². The summed E-state index contributed by atoms with van der Waals surface area (Å²) in [5.74, 6) is 0.0159. The predicted octanol–water partition coefficient (Wildman–Crippen LogP) is 0.681. The predicted molar refractivity (Wildman–Crippen MR) is 88.1 cm³/mol. The van der Waals surface area contributed by atoms with Crippen LogP contribution in [-0.4, -0.2) is 70.5 Å². The third-order valence-corrected chi connectivity index (χ3v) is 5.33. The number of nitrogens with one attached hydrogen (secondary N) is 1. The second-order valence-electron chi connectivity index (χ2n) is 6.53. The Kier molecular flexibility index (Phi) is 9.92. The molecule has 8 heteroatoms. The Morgan fingerprint density at radius 2 is 1.54 bits per heavy atom. The van der Waals surface area contributed by atoms with Gasteiger partial charge in [-0.3, -0.25) is 14.5 Å². The molecule has 4 N–H and O–H groups in total. The zero-order valence-electron chi connectivity index (χ0n) is 13.8. The zero-order valence-corrected chi connectivity index (χ0v) is 15.4. The van der Waals surface area contributed by atoms with Gasteiger partial charge >= 0.3 is 11.9 Å². The van der Waals surface area contributed by atoms with Crippen molar-refractivity contribution >= 4 is 11.9 Å². The molecule has 4 bridgehead atoms. The van der Waals surface area contributed by atoms with Crippen LogP contribution in [0, 0.1) is 19.3 Å². The first-order valence-electron chi connectivity index (χ1n) is 7.26. The number of rotatable bonds is 2. The minimum absolute atomic E-state index is 0. The van der Waals surface area contributed by atoms with Crippen LogP contribution in [0.2, 0.25) is 0 Å². The van der Waals surface area contributed by atoms with Gasteiger partial charge in [0.2, 0.25) is 0 Å². The van der Waals surface area contributed by atoms with Gasteiger partial charge in [0.1, 0.15) is 11.1 Å². The third kappa shape index (κ3) is 4.00. The van der Waals surface area contributed by atoms with Crippen LogP contribution in [0.25, 0.3) is 0 Å². The average molecular weight is 438 g/mol. The molecule has 6 fully saturated rings. The number of aliphatic hydroxyl groups excluding tert-OH is 1. The molecule has 0 atom stereocenters. The number of carboxylic acids is 2. The quantitative estimate of drug-likeness (QED) is 0.371. The Balaban J connectivity index is 0. The van der Waals surface area contributed by atoms with Crippen molar-refractivity contribution in [2.45, 2.75) is 44.2 Å². The molecule has 7 nitrogen and oxygen atoms in total. The fraction of sp³-hybridized carbons (Fsp3) is 0.812. The van der Waals surface area contributed by atoms with Crippen molar-refractivity contribution in [3.8, 4) is 0 Å². The summed E-state index contributed by atoms with van der Waals surface area (Å²) in [5, 5.41) is 27.5. The Morgan fingerprint density at radius 3 is 1.71 bits per heavy atom. The van der Waals surface area contributed by atoms with Gasteiger partial charge in [-0.1, -0.05) is 7.43 Å². The van der Waals surface area contributed by atoms with E-state index in [2.05, 4.69) is 5.32 Å². The van der Waals surface area contributed by atoms with Gasteiger partial charge in [0.25, 0.3) is 0 Å². The monoisotopic (exact) mass is 437 g/mol. The molecule has 6 aliphatic rings. The molecule has 0 aromatic rings. The minimum Gasteiger partial charge on any atom is -0.480 e. The molecule has 0 radical (unpaired) electrons. The van der Waals surface area contributed by atoms with E-state index in [9.17, 15) is 9.59 Å². The molecule has 0 aromatic carbocycles. The zero-order chi connectivity index (χ0) is 15.8. The molecule has 4 aliphatic heterocycles. The van der Waals surface area contributed by atoms with Crippen LogP contribution in [0.4, 0.5) is 0 Å². The largest absolute Gasteiger partial charge is 0.480 e. The standard InChI is InChI=1S/C7H11NO2.C6H9NO2.CH4O.CH4.CH3.Pd/c1-8-4-5-2-7(8,3-5)6(9)10;8-5(9)6-1-4(2-6)3-7-6;1-2;;;/h5H,2-4H2,1H3,(H,9,10);4,7H,1-3H2,(H,8,9);2H,1H3;1H4;1H3;/q;;;;-1;. The molecular weight excluding hydrogens is 407 g/mol. The minimum atomic E-state index is -0.670. The Labute approximate surface area is 158 Å². The van der Waals surface area contributed by atoms with E-state index in [0.29, 0.717) is 11.8 Å². The second kappa shape index (κ2) is 9.25. The molecule has 146 valence electrons. The SMILES string of the molecule is C.CN1CC2CC1(C(=O)O)C2.CO.O=C(O)C12CC(CN1)C2.[CH3-].[Pd]. The van der Waals surface area contributed by atoms with Gasteiger partial charge in [-0.15, -0.1) is 0 Å². The number of carbonyl (C=O) groups is 2. The number of likely N-dealkylation sites (N-methyl/N-ethyl adjacent to an activating group) is 1. The van der Waals surface area contributed by atoms with Crippen molar-refractivity contribution in [1.29, 1.82) is 0 Å². The van der Waals surface area contributed by atoms with E-state index < -0.39 is 23.0 Å². The maximum absolute atomic E-state index is 10.7. The molecule has 4 saturated heterocycles. The summed E-state index contributed by atoms with van der Waals surface area (Å²) in [7, 11) is 2.90. The summed E-state index contributed by atoms with van der Waals surface area (Å²) in [6.07, 6.45) is 3.45. The van der Waals surface area contributed by atoms with Crippen LogP contribution in [-0.2, 0) is 30.0 Å². The normalized spacial score (nSPS) is 36.5. The van der Waals surface area contributed by atoms with E-state index in [4.69, 9.17) is 15.3 Å². The first-order valence-corrected chi connectivity index (χ1v) is 7.26. The van der Waals surface area contributed by atoms with Crippen molar-refractivity contribution in [2.75, 3.05) is 27.2 Å². The summed E-state index contributed by atoms with van der Waals surface area (Å²) in [6, 6.07) is 0. The van der Waals surface area contributed by atoms with Crippen molar-refractivity contribution in [3.05, 3.63) is 7.43 Å². The number of hydrogen-bond donors (Lipinski definition) is 4. The summed E-state index contributed by atoms with van der Waals surface area (Å²) < 4.78 is 0. The summed E-state index contributed by atoms with van der Waals surface area (Å²) >= 11 is 0. The van der Waals surface area contributed by atoms with Crippen LogP contribution in [0.3, 0.4) is 0 Å². The van der Waals surface area contributed by atoms with Gasteiger partial charge in [-0.25, -0.2) is 0 Å². The molecule has 6 rings (SSSR count). The van der Waals surface area contributed by atoms with Crippen LogP contribution < -0.4 is 5.32 Å². The van der Waals surface area contributed by atoms with Gasteiger partial charge in [0, 0.05) is 34.1 Å². The molecule has 0 aromatic heterocycles. The first kappa shape index (κ1) is 25.7. The summed E-state index contributed by atoms with van der Waals surface area (Å²) in [6.45, 7) is 1.89. The van der Waals surface area contributed by atoms with E-state index in [-0.39, 0.29) is 35.3 Å². The Bertz CT molecular complexity index is 429. The summed E-state index contributed by atoms with van der Waals surface area (Å²) in [5.41, 5.74) is -0.949. The molecule has 0 unspecified atom stereocenters. The fourth-order valence-electron chi connectivity index (χ4n) is 4.04. The maximum atomic E-state index is 10.7. The van der Waals surface area contributed by atoms with Gasteiger partial charge < -0.3 is 28.1 Å². The fourth-order valence-corrected chi connectivity index (χ4v) is 4.04. The van der Waals surface area contributed by atoms with Crippen LogP contribution in [0.15, 0.2) is 0 Å². The van der Waals surface area contributed by atoms with Gasteiger partial charge in [-0.2, -0.15) is 0 Å². The number of aliphatic carboxylic acids is 2. The summed E-state index contributed by atoms with van der Waals surface area (Å²) in [4.78, 5) is 23.2. The second-order valence-corrected chi connectivity index (χ2v) is 6.53. The van der Waals surface area contributed by atoms with Crippen molar-refractivity contribution in [1.82, 2.24) is 10.2 Å². The van der Waals surface area contributed by atoms with Gasteiger partial charge in [0.05, 0.1) is 0 Å². The molecule has 24 heavy (non-hydrogen) atoms. The van der Waals surface area contributed by atoms with E-state index in [1.165, 1.54) is 0 Å². The van der Waals surface area contributed by atoms with Gasteiger partial charge in [0.15, 0.2) is 0 Å². The van der Waals surface area contributed by atoms with E-state index >= 15 is 0 Å². The topological polar surface area (TPSA) is 110 Å². The molecular formula is C16H31N2O5Pd-. The van der Waals surface area contributed by atoms with Gasteiger partial charge in [-0.05, 0) is 51.1 Å². The molecule has 0 amide bonds. The number of fused-ring (bicyclic) bond motifs is 2. The molecule has 2 saturated carbocycles. The van der Waals surface area contributed by atoms with E-state index in [0.717, 1.165) is 45.9 Å². The van der Waals surface area contributed by atoms with Crippen LogP contribution in [0.5, 0.6) is 0 Å². The van der Waals surface area contributed by atoms with E-state index in [1.807, 2.05) is 11.9 Å². The Hall–Kier alpha value is -0.518. The number of carboxylic acid groups (broad SMARTS) is 2. The number of hydrogen-bond acceptors (Lipinski definition) is 5. The molecule has 4 heterocycles. The average Bonchev–Trinajstić information content (AvgIpc) is 3.05. The molecule has 0 spiro atoms. The van der Waals surface area contributed by atoms with Crippen LogP contribution in [0.1, 0.15) is 33.1 Å².